The van der Waals surface area contributed by atoms with Crippen molar-refractivity contribution in [3.05, 3.63) is 46.5 Å². The summed E-state index contributed by atoms with van der Waals surface area (Å²) in [4.78, 5) is 25.0. The Balaban J connectivity index is 2.87. The highest BCUT2D eigenvalue weighted by molar-refractivity contribution is 6.30. The van der Waals surface area contributed by atoms with Crippen LogP contribution >= 0.6 is 11.6 Å². The molecule has 0 heterocycles. The molecule has 0 aliphatic rings. The first-order valence-electron chi connectivity index (χ1n) is 7.02. The zero-order valence-electron chi connectivity index (χ0n) is 13.1. The number of carbonyl (C=O) groups is 2. The van der Waals surface area contributed by atoms with E-state index in [9.17, 15) is 9.59 Å². The van der Waals surface area contributed by atoms with E-state index in [0.717, 1.165) is 11.1 Å². The third-order valence-corrected chi connectivity index (χ3v) is 3.30. The molecule has 3 amide bonds. The number of allylic oxidation sites excluding steroid dienone is 1. The summed E-state index contributed by atoms with van der Waals surface area (Å²) in [5.41, 5.74) is 7.15. The van der Waals surface area contributed by atoms with E-state index in [0.29, 0.717) is 18.1 Å². The molecular formula is C16H22ClN3O2. The zero-order valence-corrected chi connectivity index (χ0v) is 13.9. The van der Waals surface area contributed by atoms with Gasteiger partial charge in [0.25, 0.3) is 0 Å². The minimum Gasteiger partial charge on any atom is -0.352 e. The van der Waals surface area contributed by atoms with Crippen LogP contribution in [0.25, 0.3) is 0 Å². The summed E-state index contributed by atoms with van der Waals surface area (Å²) in [5.74, 6) is -0.189. The molecule has 0 radical (unpaired) electrons. The standard InChI is InChI=1S/C16H22ClN3O2/c1-11(2)8-9-20(15(21)12(3)19-16(18)22)10-13-4-6-14(17)7-5-13/h4-8,12H,9-10H2,1-3H3,(H3,18,19,22). The predicted octanol–water partition coefficient (Wildman–Crippen LogP) is 2.69. The zero-order chi connectivity index (χ0) is 16.7. The molecule has 6 heteroatoms. The predicted molar refractivity (Wildman–Crippen MR) is 88.5 cm³/mol. The van der Waals surface area contributed by atoms with Crippen molar-refractivity contribution >= 4 is 23.5 Å². The van der Waals surface area contributed by atoms with Crippen molar-refractivity contribution in [3.63, 3.8) is 0 Å². The maximum absolute atomic E-state index is 12.5. The van der Waals surface area contributed by atoms with Crippen molar-refractivity contribution in [3.8, 4) is 0 Å². The minimum atomic E-state index is -0.713. The fourth-order valence-electron chi connectivity index (χ4n) is 1.88. The van der Waals surface area contributed by atoms with Crippen molar-refractivity contribution in [2.24, 2.45) is 5.73 Å². The quantitative estimate of drug-likeness (QED) is 0.790. The Hall–Kier alpha value is -2.01. The van der Waals surface area contributed by atoms with E-state index in [4.69, 9.17) is 17.3 Å². The van der Waals surface area contributed by atoms with Crippen molar-refractivity contribution in [2.75, 3.05) is 6.54 Å². The molecule has 0 spiro atoms. The maximum atomic E-state index is 12.5. The molecule has 1 aromatic carbocycles. The molecule has 120 valence electrons. The van der Waals surface area contributed by atoms with Crippen LogP contribution in [0.15, 0.2) is 35.9 Å². The van der Waals surface area contributed by atoms with Gasteiger partial charge in [0.15, 0.2) is 0 Å². The van der Waals surface area contributed by atoms with Crippen LogP contribution in [0.4, 0.5) is 4.79 Å². The molecule has 0 aromatic heterocycles. The number of carbonyl (C=O) groups excluding carboxylic acids is 2. The van der Waals surface area contributed by atoms with Gasteiger partial charge in [-0.15, -0.1) is 0 Å². The van der Waals surface area contributed by atoms with Gasteiger partial charge in [0.2, 0.25) is 5.91 Å². The van der Waals surface area contributed by atoms with Gasteiger partial charge in [-0.1, -0.05) is 35.4 Å². The summed E-state index contributed by atoms with van der Waals surface area (Å²) in [5, 5.41) is 3.06. The van der Waals surface area contributed by atoms with Crippen LogP contribution in [0.1, 0.15) is 26.3 Å². The Labute approximate surface area is 136 Å². The van der Waals surface area contributed by atoms with Gasteiger partial charge < -0.3 is 16.0 Å². The number of benzene rings is 1. The lowest BCUT2D eigenvalue weighted by Crippen LogP contribution is -2.48. The number of urea groups is 1. The second-order valence-corrected chi connectivity index (χ2v) is 5.79. The number of amides is 3. The lowest BCUT2D eigenvalue weighted by Gasteiger charge is -2.25. The number of primary amides is 1. The van der Waals surface area contributed by atoms with E-state index in [1.807, 2.05) is 32.1 Å². The van der Waals surface area contributed by atoms with E-state index < -0.39 is 12.1 Å². The average Bonchev–Trinajstić information content (AvgIpc) is 2.43. The largest absolute Gasteiger partial charge is 0.352 e. The summed E-state index contributed by atoms with van der Waals surface area (Å²) in [6, 6.07) is 5.93. The van der Waals surface area contributed by atoms with Gasteiger partial charge in [0.05, 0.1) is 0 Å². The summed E-state index contributed by atoms with van der Waals surface area (Å²) in [7, 11) is 0. The van der Waals surface area contributed by atoms with Gasteiger partial charge in [0.1, 0.15) is 6.04 Å². The van der Waals surface area contributed by atoms with Crippen LogP contribution in [0.3, 0.4) is 0 Å². The molecule has 0 saturated heterocycles. The van der Waals surface area contributed by atoms with Crippen molar-refractivity contribution < 1.29 is 9.59 Å². The number of nitrogens with zero attached hydrogens (tertiary/aromatic N) is 1. The van der Waals surface area contributed by atoms with E-state index >= 15 is 0 Å². The number of nitrogens with one attached hydrogen (secondary N) is 1. The van der Waals surface area contributed by atoms with Gasteiger partial charge in [-0.05, 0) is 38.5 Å². The van der Waals surface area contributed by atoms with Gasteiger partial charge in [0, 0.05) is 18.1 Å². The molecule has 5 nitrogen and oxygen atoms in total. The first-order valence-corrected chi connectivity index (χ1v) is 7.40. The fourth-order valence-corrected chi connectivity index (χ4v) is 2.01. The van der Waals surface area contributed by atoms with Gasteiger partial charge in [-0.25, -0.2) is 4.79 Å². The Morgan fingerprint density at radius 2 is 1.91 bits per heavy atom. The van der Waals surface area contributed by atoms with Crippen LogP contribution in [0.5, 0.6) is 0 Å². The molecule has 0 aliphatic carbocycles. The third-order valence-electron chi connectivity index (χ3n) is 3.05. The molecule has 1 rings (SSSR count). The SMILES string of the molecule is CC(C)=CCN(Cc1ccc(Cl)cc1)C(=O)C(C)NC(N)=O. The molecular weight excluding hydrogens is 302 g/mol. The average molecular weight is 324 g/mol. The van der Waals surface area contributed by atoms with Crippen molar-refractivity contribution in [1.29, 1.82) is 0 Å². The normalized spacial score (nSPS) is 11.5. The van der Waals surface area contributed by atoms with Crippen LogP contribution in [-0.2, 0) is 11.3 Å². The fraction of sp³-hybridized carbons (Fsp3) is 0.375. The van der Waals surface area contributed by atoms with Crippen molar-refractivity contribution in [1.82, 2.24) is 10.2 Å². The first-order chi connectivity index (χ1) is 10.3. The molecule has 1 aromatic rings. The molecule has 0 aliphatic heterocycles. The highest BCUT2D eigenvalue weighted by Crippen LogP contribution is 2.12. The molecule has 3 N–H and O–H groups in total. The van der Waals surface area contributed by atoms with Gasteiger partial charge >= 0.3 is 6.03 Å². The number of nitrogens with two attached hydrogens (primary N) is 1. The van der Waals surface area contributed by atoms with Crippen molar-refractivity contribution in [2.45, 2.75) is 33.4 Å². The molecule has 0 bridgehead atoms. The third kappa shape index (κ3) is 6.18. The molecule has 22 heavy (non-hydrogen) atoms. The summed E-state index contributed by atoms with van der Waals surface area (Å²) < 4.78 is 0. The second kappa shape index (κ2) is 8.44. The monoisotopic (exact) mass is 323 g/mol. The van der Waals surface area contributed by atoms with Gasteiger partial charge in [-0.3, -0.25) is 4.79 Å². The van der Waals surface area contributed by atoms with Crippen LogP contribution in [0.2, 0.25) is 5.02 Å². The number of hydrogen-bond donors (Lipinski definition) is 2. The summed E-state index contributed by atoms with van der Waals surface area (Å²) in [6.45, 7) is 6.45. The Morgan fingerprint density at radius 1 is 1.32 bits per heavy atom. The highest BCUT2D eigenvalue weighted by atomic mass is 35.5. The van der Waals surface area contributed by atoms with Crippen LogP contribution < -0.4 is 11.1 Å². The van der Waals surface area contributed by atoms with E-state index in [2.05, 4.69) is 5.32 Å². The Kier molecular flexibility index (Phi) is 6.92. The lowest BCUT2D eigenvalue weighted by atomic mass is 10.2. The minimum absolute atomic E-state index is 0.189. The lowest BCUT2D eigenvalue weighted by molar-refractivity contribution is -0.132. The Bertz CT molecular complexity index is 551. The topological polar surface area (TPSA) is 75.4 Å². The second-order valence-electron chi connectivity index (χ2n) is 5.36. The number of halogens is 1. The van der Waals surface area contributed by atoms with E-state index in [-0.39, 0.29) is 5.91 Å². The van der Waals surface area contributed by atoms with Crippen LogP contribution in [-0.4, -0.2) is 29.4 Å². The molecule has 1 unspecified atom stereocenters. The highest BCUT2D eigenvalue weighted by Gasteiger charge is 2.20. The van der Waals surface area contributed by atoms with Crippen LogP contribution in [0, 0.1) is 0 Å². The first kappa shape index (κ1) is 18.0. The van der Waals surface area contributed by atoms with E-state index in [1.54, 1.807) is 24.0 Å². The molecule has 0 saturated carbocycles. The maximum Gasteiger partial charge on any atom is 0.312 e. The van der Waals surface area contributed by atoms with E-state index in [1.165, 1.54) is 0 Å². The summed E-state index contributed by atoms with van der Waals surface area (Å²) >= 11 is 5.87. The number of rotatable bonds is 6. The molecule has 1 atom stereocenters. The summed E-state index contributed by atoms with van der Waals surface area (Å²) in [6.07, 6.45) is 1.96. The molecule has 0 fully saturated rings. The number of hydrogen-bond acceptors (Lipinski definition) is 2. The Morgan fingerprint density at radius 3 is 2.41 bits per heavy atom. The van der Waals surface area contributed by atoms with Gasteiger partial charge in [-0.2, -0.15) is 0 Å². The smallest absolute Gasteiger partial charge is 0.312 e.